The second-order valence-electron chi connectivity index (χ2n) is 6.94. The van der Waals surface area contributed by atoms with E-state index in [0.717, 1.165) is 43.5 Å². The summed E-state index contributed by atoms with van der Waals surface area (Å²) in [5.41, 5.74) is 2.28. The van der Waals surface area contributed by atoms with Crippen LogP contribution in [-0.4, -0.2) is 46.1 Å². The molecular formula is C18H25N5O2. The second-order valence-corrected chi connectivity index (χ2v) is 6.94. The summed E-state index contributed by atoms with van der Waals surface area (Å²) in [6.45, 7) is 2.81. The summed E-state index contributed by atoms with van der Waals surface area (Å²) in [6.07, 6.45) is 7.45. The Morgan fingerprint density at radius 3 is 2.84 bits per heavy atom. The molecule has 2 aromatic heterocycles. The average molecular weight is 343 g/mol. The van der Waals surface area contributed by atoms with E-state index in [1.807, 2.05) is 17.9 Å². The van der Waals surface area contributed by atoms with Crippen molar-refractivity contribution in [1.29, 1.82) is 0 Å². The number of rotatable bonds is 7. The van der Waals surface area contributed by atoms with Gasteiger partial charge in [0.15, 0.2) is 5.82 Å². The number of methoxy groups -OCH3 is 1. The summed E-state index contributed by atoms with van der Waals surface area (Å²) in [5, 5.41) is 4.29. The van der Waals surface area contributed by atoms with Gasteiger partial charge in [-0.3, -0.25) is 4.68 Å². The number of anilines is 1. The van der Waals surface area contributed by atoms with Crippen molar-refractivity contribution in [2.75, 3.05) is 25.2 Å². The van der Waals surface area contributed by atoms with E-state index in [-0.39, 0.29) is 0 Å². The Morgan fingerprint density at radius 1 is 1.32 bits per heavy atom. The van der Waals surface area contributed by atoms with Crippen LogP contribution in [0.2, 0.25) is 0 Å². The van der Waals surface area contributed by atoms with E-state index in [1.54, 1.807) is 7.11 Å². The lowest BCUT2D eigenvalue weighted by Gasteiger charge is -2.24. The summed E-state index contributed by atoms with van der Waals surface area (Å²) < 4.78 is 12.7. The van der Waals surface area contributed by atoms with Gasteiger partial charge in [0.2, 0.25) is 0 Å². The van der Waals surface area contributed by atoms with Crippen LogP contribution in [0.3, 0.4) is 0 Å². The molecule has 1 aliphatic heterocycles. The highest BCUT2D eigenvalue weighted by molar-refractivity contribution is 5.44. The van der Waals surface area contributed by atoms with Gasteiger partial charge in [0.1, 0.15) is 12.4 Å². The van der Waals surface area contributed by atoms with Gasteiger partial charge >= 0.3 is 0 Å². The van der Waals surface area contributed by atoms with E-state index in [4.69, 9.17) is 19.4 Å². The number of aromatic nitrogens is 4. The molecule has 0 bridgehead atoms. The van der Waals surface area contributed by atoms with Gasteiger partial charge in [-0.2, -0.15) is 5.10 Å². The van der Waals surface area contributed by atoms with Crippen molar-refractivity contribution in [2.24, 2.45) is 7.05 Å². The molecule has 0 unspecified atom stereocenters. The Kier molecular flexibility index (Phi) is 4.67. The number of ether oxygens (including phenoxy) is 2. The van der Waals surface area contributed by atoms with Gasteiger partial charge in [-0.15, -0.1) is 0 Å². The Balaban J connectivity index is 1.65. The highest BCUT2D eigenvalue weighted by Crippen LogP contribution is 2.34. The maximum Gasteiger partial charge on any atom is 0.156 e. The van der Waals surface area contributed by atoms with E-state index in [2.05, 4.69) is 22.3 Å². The Morgan fingerprint density at radius 2 is 2.20 bits per heavy atom. The summed E-state index contributed by atoms with van der Waals surface area (Å²) in [5.74, 6) is 2.10. The molecule has 2 aromatic rings. The van der Waals surface area contributed by atoms with Gasteiger partial charge in [-0.25, -0.2) is 9.97 Å². The van der Waals surface area contributed by atoms with Gasteiger partial charge in [-0.1, -0.05) is 0 Å². The molecule has 1 saturated heterocycles. The molecule has 1 atom stereocenters. The summed E-state index contributed by atoms with van der Waals surface area (Å²) in [7, 11) is 3.63. The van der Waals surface area contributed by atoms with E-state index in [0.29, 0.717) is 18.6 Å². The van der Waals surface area contributed by atoms with E-state index < -0.39 is 0 Å². The first-order valence-electron chi connectivity index (χ1n) is 8.91. The second kappa shape index (κ2) is 7.09. The van der Waals surface area contributed by atoms with Crippen molar-refractivity contribution in [3.63, 3.8) is 0 Å². The number of aryl methyl sites for hydroxylation is 1. The molecular weight excluding hydrogens is 318 g/mol. The van der Waals surface area contributed by atoms with Crippen molar-refractivity contribution < 1.29 is 9.47 Å². The van der Waals surface area contributed by atoms with Gasteiger partial charge in [0, 0.05) is 57.1 Å². The van der Waals surface area contributed by atoms with Crippen LogP contribution >= 0.6 is 0 Å². The monoisotopic (exact) mass is 343 g/mol. The predicted molar refractivity (Wildman–Crippen MR) is 93.3 cm³/mol. The zero-order chi connectivity index (χ0) is 17.2. The molecule has 134 valence electrons. The fourth-order valence-electron chi connectivity index (χ4n) is 3.35. The van der Waals surface area contributed by atoms with Crippen LogP contribution in [0.4, 0.5) is 5.82 Å². The lowest BCUT2D eigenvalue weighted by atomic mass is 10.0. The van der Waals surface area contributed by atoms with Crippen LogP contribution in [0.1, 0.15) is 42.3 Å². The highest BCUT2D eigenvalue weighted by Gasteiger charge is 2.31. The molecule has 4 rings (SSSR count). The lowest BCUT2D eigenvalue weighted by Crippen LogP contribution is -2.27. The molecule has 3 heterocycles. The highest BCUT2D eigenvalue weighted by atomic mass is 16.5. The Hall–Kier alpha value is -1.99. The van der Waals surface area contributed by atoms with E-state index in [1.165, 1.54) is 18.4 Å². The molecule has 0 amide bonds. The van der Waals surface area contributed by atoms with Crippen LogP contribution in [-0.2, 0) is 29.7 Å². The quantitative estimate of drug-likeness (QED) is 0.766. The van der Waals surface area contributed by atoms with Crippen molar-refractivity contribution in [3.8, 4) is 0 Å². The summed E-state index contributed by atoms with van der Waals surface area (Å²) in [4.78, 5) is 11.9. The minimum absolute atomic E-state index is 0.358. The van der Waals surface area contributed by atoms with Gasteiger partial charge in [-0.05, 0) is 19.3 Å². The normalized spacial score (nSPS) is 20.2. The van der Waals surface area contributed by atoms with E-state index in [9.17, 15) is 0 Å². The SMILES string of the molecule is COCc1nc([C@H]2CCOC2)cc(N(Cc2cnn(C)c2)C2CC2)n1. The van der Waals surface area contributed by atoms with Gasteiger partial charge in [0.25, 0.3) is 0 Å². The van der Waals surface area contributed by atoms with Crippen LogP contribution in [0.25, 0.3) is 0 Å². The number of hydrogen-bond donors (Lipinski definition) is 0. The zero-order valence-electron chi connectivity index (χ0n) is 14.9. The molecule has 7 nitrogen and oxygen atoms in total. The summed E-state index contributed by atoms with van der Waals surface area (Å²) >= 11 is 0. The Labute approximate surface area is 148 Å². The number of hydrogen-bond acceptors (Lipinski definition) is 6. The first-order chi connectivity index (χ1) is 12.2. The van der Waals surface area contributed by atoms with Crippen LogP contribution in [0.15, 0.2) is 18.5 Å². The smallest absolute Gasteiger partial charge is 0.156 e. The molecule has 25 heavy (non-hydrogen) atoms. The molecule has 1 saturated carbocycles. The maximum atomic E-state index is 5.55. The van der Waals surface area contributed by atoms with Gasteiger partial charge in [0.05, 0.1) is 18.5 Å². The molecule has 0 aromatic carbocycles. The number of nitrogens with zero attached hydrogens (tertiary/aromatic N) is 5. The molecule has 7 heteroatoms. The van der Waals surface area contributed by atoms with Crippen LogP contribution in [0, 0.1) is 0 Å². The predicted octanol–water partition coefficient (Wildman–Crippen LogP) is 2.03. The Bertz CT molecular complexity index is 722. The third-order valence-corrected chi connectivity index (χ3v) is 4.79. The van der Waals surface area contributed by atoms with Crippen molar-refractivity contribution in [2.45, 2.75) is 44.4 Å². The van der Waals surface area contributed by atoms with Crippen LogP contribution in [0.5, 0.6) is 0 Å². The van der Waals surface area contributed by atoms with Crippen molar-refractivity contribution in [1.82, 2.24) is 19.7 Å². The van der Waals surface area contributed by atoms with Gasteiger partial charge < -0.3 is 14.4 Å². The molecule has 0 spiro atoms. The van der Waals surface area contributed by atoms with Crippen molar-refractivity contribution >= 4 is 5.82 Å². The fraction of sp³-hybridized carbons (Fsp3) is 0.611. The lowest BCUT2D eigenvalue weighted by molar-refractivity contribution is 0.177. The summed E-state index contributed by atoms with van der Waals surface area (Å²) in [6, 6.07) is 2.70. The van der Waals surface area contributed by atoms with Crippen LogP contribution < -0.4 is 4.90 Å². The molecule has 0 N–H and O–H groups in total. The van der Waals surface area contributed by atoms with E-state index >= 15 is 0 Å². The standard InChI is InChI=1S/C18H25N5O2/c1-22-9-13(8-19-22)10-23(15-3-4-15)18-7-16(14-5-6-25-11-14)20-17(21-18)12-24-2/h7-9,14-15H,3-6,10-12H2,1-2H3/t14-/m0/s1. The third kappa shape index (κ3) is 3.82. The van der Waals surface area contributed by atoms with Crippen molar-refractivity contribution in [3.05, 3.63) is 35.5 Å². The molecule has 0 radical (unpaired) electrons. The largest absolute Gasteiger partial charge is 0.381 e. The third-order valence-electron chi connectivity index (χ3n) is 4.79. The minimum atomic E-state index is 0.358. The topological polar surface area (TPSA) is 65.3 Å². The molecule has 2 aliphatic rings. The fourth-order valence-corrected chi connectivity index (χ4v) is 3.35. The first kappa shape index (κ1) is 16.5. The first-order valence-corrected chi connectivity index (χ1v) is 8.91. The zero-order valence-corrected chi connectivity index (χ0v) is 14.9. The molecule has 2 fully saturated rings. The molecule has 1 aliphatic carbocycles. The maximum absolute atomic E-state index is 5.55. The average Bonchev–Trinajstić information content (AvgIpc) is 3.13. The minimum Gasteiger partial charge on any atom is -0.381 e.